The summed E-state index contributed by atoms with van der Waals surface area (Å²) in [4.78, 5) is 17.0. The first-order valence-corrected chi connectivity index (χ1v) is 7.68. The van der Waals surface area contributed by atoms with E-state index >= 15 is 0 Å². The highest BCUT2D eigenvalue weighted by atomic mass is 35.5. The maximum Gasteiger partial charge on any atom is 0.239 e. The maximum atomic E-state index is 13.1. The van der Waals surface area contributed by atoms with Gasteiger partial charge in [0.1, 0.15) is 0 Å². The van der Waals surface area contributed by atoms with Gasteiger partial charge < -0.3 is 4.90 Å². The molecule has 3 nitrogen and oxygen atoms in total. The zero-order chi connectivity index (χ0) is 15.9. The molecule has 0 aromatic heterocycles. The highest BCUT2D eigenvalue weighted by Crippen LogP contribution is 2.42. The van der Waals surface area contributed by atoms with Crippen molar-refractivity contribution in [2.24, 2.45) is 5.41 Å². The fourth-order valence-corrected chi connectivity index (χ4v) is 3.16. The van der Waals surface area contributed by atoms with Gasteiger partial charge in [-0.25, -0.2) is 0 Å². The predicted molar refractivity (Wildman–Crippen MR) is 92.1 cm³/mol. The molecule has 2 aromatic carbocycles. The number of carbonyl (C=O) groups excluding carboxylic acids is 1. The van der Waals surface area contributed by atoms with E-state index in [1.54, 1.807) is 4.90 Å². The first kappa shape index (κ1) is 14.9. The van der Waals surface area contributed by atoms with Gasteiger partial charge in [0.2, 0.25) is 5.91 Å². The van der Waals surface area contributed by atoms with E-state index < -0.39 is 5.41 Å². The minimum Gasteiger partial charge on any atom is -0.372 e. The third-order valence-electron chi connectivity index (χ3n) is 4.02. The Bertz CT molecular complexity index is 712. The van der Waals surface area contributed by atoms with E-state index in [2.05, 4.69) is 4.90 Å². The number of anilines is 3. The summed E-state index contributed by atoms with van der Waals surface area (Å²) in [5.41, 5.74) is 2.21. The van der Waals surface area contributed by atoms with Gasteiger partial charge in [-0.1, -0.05) is 29.8 Å². The Morgan fingerprint density at radius 1 is 1.05 bits per heavy atom. The average molecular weight is 315 g/mol. The molecular formula is C18H19ClN2O. The van der Waals surface area contributed by atoms with E-state index in [1.165, 1.54) is 0 Å². The van der Waals surface area contributed by atoms with Crippen LogP contribution in [0.5, 0.6) is 0 Å². The van der Waals surface area contributed by atoms with Gasteiger partial charge in [0.25, 0.3) is 0 Å². The van der Waals surface area contributed by atoms with Crippen LogP contribution >= 0.6 is 11.6 Å². The molecule has 0 aliphatic carbocycles. The van der Waals surface area contributed by atoms with E-state index in [-0.39, 0.29) is 5.91 Å². The van der Waals surface area contributed by atoms with Gasteiger partial charge in [0.05, 0.1) is 16.8 Å². The number of para-hydroxylation sites is 1. The Balaban J connectivity index is 2.26. The zero-order valence-electron chi connectivity index (χ0n) is 13.0. The largest absolute Gasteiger partial charge is 0.372 e. The van der Waals surface area contributed by atoms with Crippen LogP contribution in [-0.2, 0) is 4.79 Å². The third kappa shape index (κ3) is 2.46. The Kier molecular flexibility index (Phi) is 3.61. The van der Waals surface area contributed by atoms with E-state index in [0.29, 0.717) is 11.6 Å². The summed E-state index contributed by atoms with van der Waals surface area (Å²) >= 11 is 6.19. The topological polar surface area (TPSA) is 23.6 Å². The number of benzene rings is 2. The molecule has 114 valence electrons. The van der Waals surface area contributed by atoms with Gasteiger partial charge in [-0.15, -0.1) is 0 Å². The fraction of sp³-hybridized carbons (Fsp3) is 0.278. The Labute approximate surface area is 136 Å². The van der Waals surface area contributed by atoms with Crippen LogP contribution in [0.25, 0.3) is 0 Å². The van der Waals surface area contributed by atoms with Crippen molar-refractivity contribution in [1.29, 1.82) is 0 Å². The quantitative estimate of drug-likeness (QED) is 0.774. The summed E-state index contributed by atoms with van der Waals surface area (Å²) in [6, 6.07) is 15.4. The summed E-state index contributed by atoms with van der Waals surface area (Å²) in [5, 5.41) is 0.626. The molecule has 0 fully saturated rings. The number of fused-ring (bicyclic) bond motifs is 1. The number of hydrogen-bond acceptors (Lipinski definition) is 2. The van der Waals surface area contributed by atoms with Crippen LogP contribution in [0, 0.1) is 5.41 Å². The highest BCUT2D eigenvalue weighted by molar-refractivity contribution is 6.31. The van der Waals surface area contributed by atoms with E-state index in [4.69, 9.17) is 11.6 Å². The molecule has 0 spiro atoms. The molecule has 1 heterocycles. The van der Waals surface area contributed by atoms with Crippen LogP contribution < -0.4 is 9.80 Å². The van der Waals surface area contributed by atoms with Gasteiger partial charge in [0, 0.05) is 24.3 Å². The molecule has 22 heavy (non-hydrogen) atoms. The van der Waals surface area contributed by atoms with Crippen molar-refractivity contribution in [2.75, 3.05) is 23.4 Å². The summed E-state index contributed by atoms with van der Waals surface area (Å²) in [6.07, 6.45) is 0. The standard InChI is InChI=1S/C18H19ClN2O/c1-18(2)12-20(3)15-10-9-13(19)11-16(15)21(17(18)22)14-7-5-4-6-8-14/h4-11H,12H2,1-3H3. The maximum absolute atomic E-state index is 13.1. The van der Waals surface area contributed by atoms with Gasteiger partial charge >= 0.3 is 0 Å². The van der Waals surface area contributed by atoms with Crippen molar-refractivity contribution in [2.45, 2.75) is 13.8 Å². The molecule has 0 atom stereocenters. The third-order valence-corrected chi connectivity index (χ3v) is 4.25. The molecule has 3 rings (SSSR count). The molecule has 1 aliphatic heterocycles. The van der Waals surface area contributed by atoms with Gasteiger partial charge in [0.15, 0.2) is 0 Å². The van der Waals surface area contributed by atoms with Crippen molar-refractivity contribution in [1.82, 2.24) is 0 Å². The molecular weight excluding hydrogens is 296 g/mol. The van der Waals surface area contributed by atoms with Crippen molar-refractivity contribution in [3.63, 3.8) is 0 Å². The van der Waals surface area contributed by atoms with E-state index in [0.717, 1.165) is 17.1 Å². The molecule has 1 amide bonds. The van der Waals surface area contributed by atoms with Crippen molar-refractivity contribution < 1.29 is 4.79 Å². The molecule has 4 heteroatoms. The molecule has 0 unspecified atom stereocenters. The summed E-state index contributed by atoms with van der Waals surface area (Å²) in [5.74, 6) is 0.0755. The van der Waals surface area contributed by atoms with E-state index in [1.807, 2.05) is 69.4 Å². The zero-order valence-corrected chi connectivity index (χ0v) is 13.8. The van der Waals surface area contributed by atoms with Crippen molar-refractivity contribution >= 4 is 34.6 Å². The first-order valence-electron chi connectivity index (χ1n) is 7.30. The number of amides is 1. The minimum atomic E-state index is -0.490. The van der Waals surface area contributed by atoms with Gasteiger partial charge in [-0.05, 0) is 44.2 Å². The second kappa shape index (κ2) is 5.33. The number of hydrogen-bond donors (Lipinski definition) is 0. The van der Waals surface area contributed by atoms with Crippen LogP contribution in [0.2, 0.25) is 5.02 Å². The Morgan fingerprint density at radius 2 is 1.73 bits per heavy atom. The predicted octanol–water partition coefficient (Wildman–Crippen LogP) is 4.48. The molecule has 0 bridgehead atoms. The van der Waals surface area contributed by atoms with Crippen molar-refractivity contribution in [3.05, 3.63) is 53.6 Å². The molecule has 0 radical (unpaired) electrons. The van der Waals surface area contributed by atoms with Crippen LogP contribution in [0.3, 0.4) is 0 Å². The SMILES string of the molecule is CN1CC(C)(C)C(=O)N(c2ccccc2)c2cc(Cl)ccc21. The number of halogens is 1. The number of carbonyl (C=O) groups is 1. The molecule has 2 aromatic rings. The second-order valence-electron chi connectivity index (χ2n) is 6.35. The van der Waals surface area contributed by atoms with Gasteiger partial charge in [-0.3, -0.25) is 9.69 Å². The normalized spacial score (nSPS) is 17.2. The number of nitrogens with zero attached hydrogens (tertiary/aromatic N) is 2. The molecule has 1 aliphatic rings. The molecule has 0 saturated carbocycles. The Hall–Kier alpha value is -2.00. The first-order chi connectivity index (χ1) is 10.4. The van der Waals surface area contributed by atoms with Crippen molar-refractivity contribution in [3.8, 4) is 0 Å². The van der Waals surface area contributed by atoms with Crippen LogP contribution in [0.1, 0.15) is 13.8 Å². The monoisotopic (exact) mass is 314 g/mol. The molecule has 0 N–H and O–H groups in total. The van der Waals surface area contributed by atoms with E-state index in [9.17, 15) is 4.79 Å². The molecule has 0 saturated heterocycles. The summed E-state index contributed by atoms with van der Waals surface area (Å²) in [7, 11) is 2.01. The second-order valence-corrected chi connectivity index (χ2v) is 6.79. The van der Waals surface area contributed by atoms with Crippen LogP contribution in [-0.4, -0.2) is 19.5 Å². The van der Waals surface area contributed by atoms with Crippen LogP contribution in [0.15, 0.2) is 48.5 Å². The number of rotatable bonds is 1. The van der Waals surface area contributed by atoms with Crippen LogP contribution in [0.4, 0.5) is 17.1 Å². The van der Waals surface area contributed by atoms with Gasteiger partial charge in [-0.2, -0.15) is 0 Å². The lowest BCUT2D eigenvalue weighted by molar-refractivity contribution is -0.125. The summed E-state index contributed by atoms with van der Waals surface area (Å²) < 4.78 is 0. The highest BCUT2D eigenvalue weighted by Gasteiger charge is 2.39. The lowest BCUT2D eigenvalue weighted by Gasteiger charge is -2.29. The fourth-order valence-electron chi connectivity index (χ4n) is 2.99. The lowest BCUT2D eigenvalue weighted by atomic mass is 9.91. The lowest BCUT2D eigenvalue weighted by Crippen LogP contribution is -2.41. The summed E-state index contributed by atoms with van der Waals surface area (Å²) in [6.45, 7) is 4.62. The minimum absolute atomic E-state index is 0.0755. The average Bonchev–Trinajstić information content (AvgIpc) is 2.54. The Morgan fingerprint density at radius 3 is 2.41 bits per heavy atom. The smallest absolute Gasteiger partial charge is 0.239 e.